The molecule has 0 spiro atoms. The molecule has 1 aliphatic rings. The van der Waals surface area contributed by atoms with Crippen LogP contribution in [-0.2, 0) is 27.3 Å². The standard InChI is InChI=1S/C25H23N3O4/c29-19-12-10-17(11-13-19)14-15-26-23(30)24(31)27-22-20-8-4-5-9-21(20)28(25(22)32)16-18-6-2-1-3-7-18/h1-13,22,29H,14-16H2,(H,26,30)(H,27,31)/t22-/m0/s1. The van der Waals surface area contributed by atoms with Crippen LogP contribution >= 0.6 is 0 Å². The third-order valence-corrected chi connectivity index (χ3v) is 5.35. The molecular formula is C25H23N3O4. The maximum Gasteiger partial charge on any atom is 0.310 e. The van der Waals surface area contributed by atoms with Gasteiger partial charge in [-0.3, -0.25) is 14.4 Å². The van der Waals surface area contributed by atoms with Crippen LogP contribution in [0.25, 0.3) is 0 Å². The third kappa shape index (κ3) is 4.62. The first-order valence-corrected chi connectivity index (χ1v) is 10.3. The lowest BCUT2D eigenvalue weighted by Gasteiger charge is -2.18. The van der Waals surface area contributed by atoms with Gasteiger partial charge in [0, 0.05) is 17.8 Å². The highest BCUT2D eigenvalue weighted by atomic mass is 16.3. The number of nitrogens with one attached hydrogen (secondary N) is 2. The fourth-order valence-corrected chi connectivity index (χ4v) is 3.71. The Kier molecular flexibility index (Phi) is 6.17. The van der Waals surface area contributed by atoms with Gasteiger partial charge in [-0.2, -0.15) is 0 Å². The Morgan fingerprint density at radius 2 is 1.53 bits per heavy atom. The van der Waals surface area contributed by atoms with Crippen LogP contribution in [0.4, 0.5) is 5.69 Å². The average Bonchev–Trinajstić information content (AvgIpc) is 3.07. The molecule has 32 heavy (non-hydrogen) atoms. The Morgan fingerprint density at radius 3 is 2.28 bits per heavy atom. The normalized spacial score (nSPS) is 14.7. The number of phenols is 1. The van der Waals surface area contributed by atoms with Crippen LogP contribution in [0.15, 0.2) is 78.9 Å². The molecule has 4 rings (SSSR count). The van der Waals surface area contributed by atoms with E-state index >= 15 is 0 Å². The number of benzene rings is 3. The van der Waals surface area contributed by atoms with E-state index in [9.17, 15) is 19.5 Å². The number of fused-ring (bicyclic) bond motifs is 1. The minimum Gasteiger partial charge on any atom is -0.508 e. The summed E-state index contributed by atoms with van der Waals surface area (Å²) < 4.78 is 0. The summed E-state index contributed by atoms with van der Waals surface area (Å²) in [4.78, 5) is 39.5. The maximum atomic E-state index is 13.1. The fraction of sp³-hybridized carbons (Fsp3) is 0.160. The zero-order chi connectivity index (χ0) is 22.5. The molecule has 1 atom stereocenters. The zero-order valence-corrected chi connectivity index (χ0v) is 17.3. The molecule has 3 aromatic rings. The van der Waals surface area contributed by atoms with Gasteiger partial charge in [-0.05, 0) is 35.7 Å². The smallest absolute Gasteiger partial charge is 0.310 e. The summed E-state index contributed by atoms with van der Waals surface area (Å²) in [5.41, 5.74) is 3.27. The average molecular weight is 429 g/mol. The molecule has 0 unspecified atom stereocenters. The minimum absolute atomic E-state index is 0.167. The van der Waals surface area contributed by atoms with E-state index in [-0.39, 0.29) is 18.2 Å². The van der Waals surface area contributed by atoms with E-state index in [2.05, 4.69) is 10.6 Å². The second kappa shape index (κ2) is 9.34. The predicted octanol–water partition coefficient (Wildman–Crippen LogP) is 2.46. The van der Waals surface area contributed by atoms with Gasteiger partial charge < -0.3 is 20.6 Å². The molecule has 0 saturated heterocycles. The molecule has 1 aliphatic heterocycles. The van der Waals surface area contributed by atoms with E-state index in [0.717, 1.165) is 16.8 Å². The van der Waals surface area contributed by atoms with Gasteiger partial charge in [0.05, 0.1) is 6.54 Å². The number of carbonyl (C=O) groups is 3. The van der Waals surface area contributed by atoms with Crippen molar-refractivity contribution in [3.63, 3.8) is 0 Å². The molecule has 0 fully saturated rings. The number of nitrogens with zero attached hydrogens (tertiary/aromatic N) is 1. The Labute approximate surface area is 185 Å². The Balaban J connectivity index is 1.39. The number of anilines is 1. The van der Waals surface area contributed by atoms with Crippen molar-refractivity contribution in [1.82, 2.24) is 10.6 Å². The summed E-state index contributed by atoms with van der Waals surface area (Å²) in [5.74, 6) is -1.76. The SMILES string of the molecule is O=C(NCCc1ccc(O)cc1)C(=O)N[C@@H]1C(=O)N(Cc2ccccc2)c2ccccc21. The van der Waals surface area contributed by atoms with Crippen molar-refractivity contribution in [2.24, 2.45) is 0 Å². The Bertz CT molecular complexity index is 1130. The lowest BCUT2D eigenvalue weighted by molar-refractivity contribution is -0.140. The topological polar surface area (TPSA) is 98.7 Å². The quantitative estimate of drug-likeness (QED) is 0.524. The van der Waals surface area contributed by atoms with Crippen molar-refractivity contribution in [2.45, 2.75) is 19.0 Å². The van der Waals surface area contributed by atoms with Crippen LogP contribution < -0.4 is 15.5 Å². The van der Waals surface area contributed by atoms with Crippen molar-refractivity contribution < 1.29 is 19.5 Å². The molecule has 3 N–H and O–H groups in total. The molecule has 7 nitrogen and oxygen atoms in total. The number of hydrogen-bond donors (Lipinski definition) is 3. The summed E-state index contributed by atoms with van der Waals surface area (Å²) in [6.07, 6.45) is 0.509. The van der Waals surface area contributed by atoms with E-state index in [1.807, 2.05) is 42.5 Å². The van der Waals surface area contributed by atoms with E-state index in [4.69, 9.17) is 0 Å². The lowest BCUT2D eigenvalue weighted by atomic mass is 10.1. The Morgan fingerprint density at radius 1 is 0.844 bits per heavy atom. The molecule has 3 aromatic carbocycles. The summed E-state index contributed by atoms with van der Waals surface area (Å²) in [6, 6.07) is 22.6. The van der Waals surface area contributed by atoms with Gasteiger partial charge in [-0.1, -0.05) is 60.7 Å². The van der Waals surface area contributed by atoms with Crippen LogP contribution in [0.5, 0.6) is 5.75 Å². The zero-order valence-electron chi connectivity index (χ0n) is 17.3. The van der Waals surface area contributed by atoms with E-state index in [1.54, 1.807) is 41.3 Å². The first-order chi connectivity index (χ1) is 15.5. The second-order valence-electron chi connectivity index (χ2n) is 7.55. The number of phenolic OH excluding ortho intramolecular Hbond substituents is 1. The minimum atomic E-state index is -0.912. The Hall–Kier alpha value is -4.13. The third-order valence-electron chi connectivity index (χ3n) is 5.35. The molecule has 3 amide bonds. The largest absolute Gasteiger partial charge is 0.508 e. The molecule has 7 heteroatoms. The van der Waals surface area contributed by atoms with Crippen molar-refractivity contribution in [1.29, 1.82) is 0 Å². The van der Waals surface area contributed by atoms with Gasteiger partial charge in [0.15, 0.2) is 0 Å². The second-order valence-corrected chi connectivity index (χ2v) is 7.55. The highest BCUT2D eigenvalue weighted by molar-refractivity contribution is 6.35. The van der Waals surface area contributed by atoms with Gasteiger partial charge in [0.1, 0.15) is 11.8 Å². The number of para-hydroxylation sites is 1. The number of carbonyl (C=O) groups excluding carboxylic acids is 3. The van der Waals surface area contributed by atoms with Gasteiger partial charge in [-0.15, -0.1) is 0 Å². The number of hydrogen-bond acceptors (Lipinski definition) is 4. The molecule has 0 radical (unpaired) electrons. The molecule has 162 valence electrons. The van der Waals surface area contributed by atoms with E-state index in [0.29, 0.717) is 18.5 Å². The predicted molar refractivity (Wildman–Crippen MR) is 120 cm³/mol. The van der Waals surface area contributed by atoms with Crippen LogP contribution in [0.2, 0.25) is 0 Å². The monoisotopic (exact) mass is 429 g/mol. The van der Waals surface area contributed by atoms with Crippen LogP contribution in [0.3, 0.4) is 0 Å². The van der Waals surface area contributed by atoms with Crippen molar-refractivity contribution in [3.05, 3.63) is 95.6 Å². The number of aromatic hydroxyl groups is 1. The highest BCUT2D eigenvalue weighted by Crippen LogP contribution is 2.36. The summed E-state index contributed by atoms with van der Waals surface area (Å²) in [6.45, 7) is 0.633. The highest BCUT2D eigenvalue weighted by Gasteiger charge is 2.38. The molecular weight excluding hydrogens is 406 g/mol. The molecule has 0 aromatic heterocycles. The van der Waals surface area contributed by atoms with Crippen LogP contribution in [-0.4, -0.2) is 29.4 Å². The van der Waals surface area contributed by atoms with Crippen molar-refractivity contribution in [3.8, 4) is 5.75 Å². The van der Waals surface area contributed by atoms with Crippen LogP contribution in [0, 0.1) is 0 Å². The summed E-state index contributed by atoms with van der Waals surface area (Å²) in [7, 11) is 0. The van der Waals surface area contributed by atoms with E-state index < -0.39 is 17.9 Å². The molecule has 0 saturated carbocycles. The van der Waals surface area contributed by atoms with Crippen molar-refractivity contribution in [2.75, 3.05) is 11.4 Å². The lowest BCUT2D eigenvalue weighted by Crippen LogP contribution is -2.44. The van der Waals surface area contributed by atoms with Gasteiger partial charge >= 0.3 is 11.8 Å². The summed E-state index contributed by atoms with van der Waals surface area (Å²) in [5, 5.41) is 14.5. The number of amides is 3. The van der Waals surface area contributed by atoms with Gasteiger partial charge in [-0.25, -0.2) is 0 Å². The van der Waals surface area contributed by atoms with Gasteiger partial charge in [0.2, 0.25) is 0 Å². The maximum absolute atomic E-state index is 13.1. The summed E-state index contributed by atoms with van der Waals surface area (Å²) >= 11 is 0. The van der Waals surface area contributed by atoms with E-state index in [1.165, 1.54) is 0 Å². The van der Waals surface area contributed by atoms with Gasteiger partial charge in [0.25, 0.3) is 5.91 Å². The van der Waals surface area contributed by atoms with Crippen LogP contribution in [0.1, 0.15) is 22.7 Å². The number of rotatable bonds is 6. The molecule has 0 bridgehead atoms. The first-order valence-electron chi connectivity index (χ1n) is 10.3. The molecule has 0 aliphatic carbocycles. The van der Waals surface area contributed by atoms with Crippen molar-refractivity contribution >= 4 is 23.4 Å². The first kappa shape index (κ1) is 21.1. The molecule has 1 heterocycles. The fourth-order valence-electron chi connectivity index (χ4n) is 3.71.